The quantitative estimate of drug-likeness (QED) is 0.622. The molecule has 1 rings (SSSR count). The first-order valence-corrected chi connectivity index (χ1v) is 7.43. The fourth-order valence-electron chi connectivity index (χ4n) is 0.771. The van der Waals surface area contributed by atoms with Crippen LogP contribution in [0.25, 0.3) is 0 Å². The predicted octanol–water partition coefficient (Wildman–Crippen LogP) is 1.41. The van der Waals surface area contributed by atoms with E-state index in [1.807, 2.05) is 6.07 Å². The summed E-state index contributed by atoms with van der Waals surface area (Å²) in [5.41, 5.74) is 0.441. The van der Waals surface area contributed by atoms with Crippen molar-refractivity contribution in [3.05, 3.63) is 28.2 Å². The van der Waals surface area contributed by atoms with Gasteiger partial charge in [-0.1, -0.05) is 0 Å². The summed E-state index contributed by atoms with van der Waals surface area (Å²) >= 11 is 3.64. The van der Waals surface area contributed by atoms with Crippen LogP contribution >= 0.6 is 15.9 Å². The Kier molecular flexibility index (Phi) is 6.75. The van der Waals surface area contributed by atoms with Crippen LogP contribution in [0.2, 0.25) is 0 Å². The molecule has 0 spiro atoms. The fourth-order valence-corrected chi connectivity index (χ4v) is 4.24. The van der Waals surface area contributed by atoms with E-state index in [0.29, 0.717) is 31.7 Å². The first-order valence-electron chi connectivity index (χ1n) is 3.89. The SMILES string of the molecule is CC(=O)O.O=C(O)c1ccc(Br)c[c]1[Hg]. The minimum atomic E-state index is -0.833. The molecule has 0 atom stereocenters. The molecule has 0 bridgehead atoms. The van der Waals surface area contributed by atoms with Gasteiger partial charge in [0.1, 0.15) is 0 Å². The monoisotopic (exact) mass is 461 g/mol. The summed E-state index contributed by atoms with van der Waals surface area (Å²) in [5.74, 6) is -1.66. The van der Waals surface area contributed by atoms with E-state index in [-0.39, 0.29) is 0 Å². The number of hydrogen-bond donors (Lipinski definition) is 2. The molecule has 0 amide bonds. The van der Waals surface area contributed by atoms with Crippen molar-refractivity contribution in [2.45, 2.75) is 6.92 Å². The van der Waals surface area contributed by atoms with E-state index >= 15 is 0 Å². The number of aliphatic carboxylic acids is 1. The summed E-state index contributed by atoms with van der Waals surface area (Å²) in [6.07, 6.45) is 0. The average molecular weight is 461 g/mol. The topological polar surface area (TPSA) is 74.6 Å². The predicted molar refractivity (Wildman–Crippen MR) is 54.0 cm³/mol. The van der Waals surface area contributed by atoms with Gasteiger partial charge in [0.05, 0.1) is 0 Å². The van der Waals surface area contributed by atoms with Gasteiger partial charge in [0, 0.05) is 6.92 Å². The molecule has 2 N–H and O–H groups in total. The van der Waals surface area contributed by atoms with Gasteiger partial charge in [-0.2, -0.15) is 0 Å². The van der Waals surface area contributed by atoms with Gasteiger partial charge >= 0.3 is 89.2 Å². The molecular weight excluding hydrogens is 453 g/mol. The van der Waals surface area contributed by atoms with E-state index in [2.05, 4.69) is 15.9 Å². The van der Waals surface area contributed by atoms with Crippen molar-refractivity contribution < 1.29 is 45.9 Å². The summed E-state index contributed by atoms with van der Waals surface area (Å²) in [7, 11) is 0. The van der Waals surface area contributed by atoms with E-state index in [1.54, 1.807) is 12.1 Å². The van der Waals surface area contributed by atoms with E-state index in [9.17, 15) is 4.79 Å². The standard InChI is InChI=1S/C7H4BrO2.C2H4O2.Hg/c8-6-3-1-5(2-4-6)7(9)10;1-2(3)4;/h1,3-4H,(H,9,10);1H3,(H,3,4);. The zero-order valence-corrected chi connectivity index (χ0v) is 15.1. The Morgan fingerprint density at radius 2 is 1.80 bits per heavy atom. The molecule has 1 aromatic rings. The Morgan fingerprint density at radius 1 is 1.33 bits per heavy atom. The third kappa shape index (κ3) is 6.62. The molecule has 6 heteroatoms. The second kappa shape index (κ2) is 6.95. The van der Waals surface area contributed by atoms with E-state index in [0.717, 1.165) is 14.5 Å². The van der Waals surface area contributed by atoms with E-state index in [4.69, 9.17) is 15.0 Å². The van der Waals surface area contributed by atoms with Crippen LogP contribution in [0.3, 0.4) is 0 Å². The molecule has 0 aliphatic carbocycles. The third-order valence-corrected chi connectivity index (χ3v) is 4.07. The van der Waals surface area contributed by atoms with Crippen LogP contribution < -0.4 is 3.07 Å². The van der Waals surface area contributed by atoms with Crippen LogP contribution in [0.5, 0.6) is 0 Å². The number of carbonyl (C=O) groups is 2. The molecule has 15 heavy (non-hydrogen) atoms. The van der Waals surface area contributed by atoms with Crippen LogP contribution in [0.15, 0.2) is 22.7 Å². The molecule has 0 aliphatic rings. The number of rotatable bonds is 1. The molecule has 0 fully saturated rings. The normalized spacial score (nSPS) is 8.80. The number of hydrogen-bond acceptors (Lipinski definition) is 2. The average Bonchev–Trinajstić information content (AvgIpc) is 2.01. The van der Waals surface area contributed by atoms with E-state index in [1.165, 1.54) is 0 Å². The van der Waals surface area contributed by atoms with Crippen molar-refractivity contribution in [1.29, 1.82) is 0 Å². The van der Waals surface area contributed by atoms with Gasteiger partial charge in [0.2, 0.25) is 0 Å². The van der Waals surface area contributed by atoms with Gasteiger partial charge in [-0.15, -0.1) is 0 Å². The van der Waals surface area contributed by atoms with Crippen molar-refractivity contribution in [3.8, 4) is 0 Å². The first-order chi connectivity index (χ1) is 6.84. The molecule has 0 saturated carbocycles. The minimum absolute atomic E-state index is 0.357. The number of halogens is 1. The first kappa shape index (κ1) is 14.6. The third-order valence-electron chi connectivity index (χ3n) is 1.30. The summed E-state index contributed by atoms with van der Waals surface area (Å²) in [6.45, 7) is 1.08. The van der Waals surface area contributed by atoms with Crippen LogP contribution in [-0.4, -0.2) is 22.2 Å². The molecule has 0 aromatic heterocycles. The maximum absolute atomic E-state index is 10.5. The van der Waals surface area contributed by atoms with Gasteiger partial charge in [0.25, 0.3) is 5.97 Å². The summed E-state index contributed by atoms with van der Waals surface area (Å²) < 4.78 is 1.92. The van der Waals surface area contributed by atoms with Crippen molar-refractivity contribution in [3.63, 3.8) is 0 Å². The molecule has 0 heterocycles. The van der Waals surface area contributed by atoms with Gasteiger partial charge in [-0.05, 0) is 0 Å². The van der Waals surface area contributed by atoms with Gasteiger partial charge in [-0.3, -0.25) is 4.79 Å². The van der Waals surface area contributed by atoms with Crippen molar-refractivity contribution >= 4 is 30.9 Å². The number of carboxylic acids is 2. The fraction of sp³-hybridized carbons (Fsp3) is 0.111. The number of carboxylic acid groups (broad SMARTS) is 2. The summed E-state index contributed by atoms with van der Waals surface area (Å²) in [4.78, 5) is 19.5. The Bertz CT molecular complexity index is 374. The molecule has 1 aromatic carbocycles. The molecular formula is C9H8BrHgO4. The zero-order chi connectivity index (χ0) is 12.0. The molecule has 0 radical (unpaired) electrons. The Labute approximate surface area is 111 Å². The Morgan fingerprint density at radius 3 is 2.13 bits per heavy atom. The maximum atomic E-state index is 10.5. The molecule has 4 nitrogen and oxygen atoms in total. The second-order valence-electron chi connectivity index (χ2n) is 2.63. The van der Waals surface area contributed by atoms with E-state index < -0.39 is 11.9 Å². The van der Waals surface area contributed by atoms with Crippen molar-refractivity contribution in [1.82, 2.24) is 0 Å². The molecule has 0 aliphatic heterocycles. The summed E-state index contributed by atoms with van der Waals surface area (Å²) in [5, 5.41) is 16.1. The van der Waals surface area contributed by atoms with Crippen molar-refractivity contribution in [2.24, 2.45) is 0 Å². The number of benzene rings is 1. The molecule has 77 valence electrons. The molecule has 0 saturated heterocycles. The number of aromatic carboxylic acids is 1. The van der Waals surface area contributed by atoms with Gasteiger partial charge < -0.3 is 5.11 Å². The Balaban J connectivity index is 0.000000423. The van der Waals surface area contributed by atoms with Gasteiger partial charge in [-0.25, -0.2) is 0 Å². The van der Waals surface area contributed by atoms with Crippen LogP contribution in [0.4, 0.5) is 0 Å². The molecule has 0 unspecified atom stereocenters. The Hall–Kier alpha value is -0.425. The second-order valence-corrected chi connectivity index (χ2v) is 6.50. The van der Waals surface area contributed by atoms with Crippen LogP contribution in [0.1, 0.15) is 17.3 Å². The van der Waals surface area contributed by atoms with Gasteiger partial charge in [0.15, 0.2) is 0 Å². The van der Waals surface area contributed by atoms with Crippen LogP contribution in [-0.2, 0) is 30.9 Å². The van der Waals surface area contributed by atoms with Crippen LogP contribution in [0, 0.1) is 0 Å². The summed E-state index contributed by atoms with van der Waals surface area (Å²) in [6, 6.07) is 5.25. The van der Waals surface area contributed by atoms with Crippen molar-refractivity contribution in [2.75, 3.05) is 0 Å². The zero-order valence-electron chi connectivity index (χ0n) is 8.03.